The lowest BCUT2D eigenvalue weighted by Crippen LogP contribution is -1.96. The molecule has 0 aromatic rings. The Labute approximate surface area is 117 Å². The summed E-state index contributed by atoms with van der Waals surface area (Å²) in [7, 11) is 0. The molecule has 3 nitrogen and oxygen atoms in total. The van der Waals surface area contributed by atoms with Gasteiger partial charge in [0.15, 0.2) is 0 Å². The summed E-state index contributed by atoms with van der Waals surface area (Å²) in [5.41, 5.74) is 0. The first-order chi connectivity index (χ1) is 8.54. The van der Waals surface area contributed by atoms with E-state index in [1.807, 2.05) is 0 Å². The van der Waals surface area contributed by atoms with Crippen LogP contribution in [0.1, 0.15) is 71.6 Å². The number of hydrogen-bond donors (Lipinski definition) is 2. The van der Waals surface area contributed by atoms with Crippen LogP contribution in [0.2, 0.25) is 0 Å². The number of aliphatic carboxylic acids is 1. The minimum Gasteiger partial charge on any atom is -0.481 e. The Bertz CT molecular complexity index is 172. The van der Waals surface area contributed by atoms with Crippen LogP contribution in [0, 0.1) is 0 Å². The number of carboxylic acids is 1. The van der Waals surface area contributed by atoms with Crippen molar-refractivity contribution in [1.29, 1.82) is 0 Å². The summed E-state index contributed by atoms with van der Waals surface area (Å²) in [5.74, 6) is -0.961. The second kappa shape index (κ2) is 16.7. The van der Waals surface area contributed by atoms with Gasteiger partial charge in [-0.3, -0.25) is 4.79 Å². The van der Waals surface area contributed by atoms with Crippen molar-refractivity contribution in [2.24, 2.45) is 0 Å². The van der Waals surface area contributed by atoms with Crippen LogP contribution in [0.15, 0.2) is 0 Å². The molecule has 0 bridgehead atoms. The van der Waals surface area contributed by atoms with Gasteiger partial charge in [0.05, 0.1) is 13.0 Å². The maximum absolute atomic E-state index is 9.44. The lowest BCUT2D eigenvalue weighted by atomic mass is 10.1. The first kappa shape index (κ1) is 20.0. The molecule has 0 amide bonds. The summed E-state index contributed by atoms with van der Waals surface area (Å²) in [5, 5.41) is 16.0. The maximum Gasteiger partial charge on any atom is 0.305 e. The highest BCUT2D eigenvalue weighted by Gasteiger charge is 1.95. The van der Waals surface area contributed by atoms with Crippen LogP contribution in [-0.4, -0.2) is 28.2 Å². The van der Waals surface area contributed by atoms with Crippen molar-refractivity contribution in [2.45, 2.75) is 77.0 Å². The first-order valence-corrected chi connectivity index (χ1v) is 7.44. The molecule has 0 aromatic carbocycles. The van der Waals surface area contributed by atoms with Crippen molar-refractivity contribution in [3.63, 3.8) is 0 Å². The second-order valence-corrected chi connectivity index (χ2v) is 5.30. The maximum atomic E-state index is 9.44. The van der Waals surface area contributed by atoms with Crippen molar-refractivity contribution in [1.82, 2.24) is 0 Å². The van der Waals surface area contributed by atoms with Crippen LogP contribution in [0.5, 0.6) is 0 Å². The fourth-order valence-corrected chi connectivity index (χ4v) is 1.63. The van der Waals surface area contributed by atoms with E-state index in [4.69, 9.17) is 21.8 Å². The van der Waals surface area contributed by atoms with Gasteiger partial charge in [0.25, 0.3) is 0 Å². The van der Waals surface area contributed by atoms with Crippen molar-refractivity contribution >= 4 is 17.6 Å². The Morgan fingerprint density at radius 3 is 1.94 bits per heavy atom. The van der Waals surface area contributed by atoms with Gasteiger partial charge >= 0.3 is 5.97 Å². The fraction of sp³-hybridized carbons (Fsp3) is 0.929. The van der Waals surface area contributed by atoms with E-state index in [-0.39, 0.29) is 13.0 Å². The van der Waals surface area contributed by atoms with E-state index < -0.39 is 5.97 Å². The average Bonchev–Trinajstić information content (AvgIpc) is 2.28. The van der Waals surface area contributed by atoms with Gasteiger partial charge in [-0.2, -0.15) is 0 Å². The highest BCUT2D eigenvalue weighted by molar-refractivity contribution is 6.20. The molecular formula is C14H29ClO3. The van der Waals surface area contributed by atoms with E-state index in [0.29, 0.717) is 5.38 Å². The zero-order chi connectivity index (χ0) is 14.2. The zero-order valence-corrected chi connectivity index (χ0v) is 12.6. The van der Waals surface area contributed by atoms with Crippen LogP contribution in [0.3, 0.4) is 0 Å². The predicted molar refractivity (Wildman–Crippen MR) is 77.3 cm³/mol. The molecule has 0 aliphatic carbocycles. The molecular weight excluding hydrogens is 252 g/mol. The molecule has 4 heteroatoms. The van der Waals surface area contributed by atoms with E-state index in [2.05, 4.69) is 13.8 Å². The van der Waals surface area contributed by atoms with Gasteiger partial charge < -0.3 is 10.2 Å². The second-order valence-electron chi connectivity index (χ2n) is 4.56. The molecule has 0 heterocycles. The molecule has 0 aromatic heterocycles. The Balaban J connectivity index is 0. The molecule has 0 radical (unpaired) electrons. The smallest absolute Gasteiger partial charge is 0.305 e. The molecule has 0 spiro atoms. The van der Waals surface area contributed by atoms with Crippen molar-refractivity contribution < 1.29 is 15.0 Å². The predicted octanol–water partition coefficient (Wildman–Crippen LogP) is 4.21. The van der Waals surface area contributed by atoms with E-state index in [1.54, 1.807) is 0 Å². The summed E-state index contributed by atoms with van der Waals surface area (Å²) in [6.45, 7) is 4.07. The number of rotatable bonds is 10. The molecule has 1 unspecified atom stereocenters. The highest BCUT2D eigenvalue weighted by atomic mass is 35.5. The zero-order valence-electron chi connectivity index (χ0n) is 11.8. The third-order valence-electron chi connectivity index (χ3n) is 2.53. The van der Waals surface area contributed by atoms with Gasteiger partial charge in [0.1, 0.15) is 0 Å². The summed E-state index contributed by atoms with van der Waals surface area (Å²) in [6, 6.07) is 0. The molecule has 0 aliphatic heterocycles. The number of carboxylic acid groups (broad SMARTS) is 1. The van der Waals surface area contributed by atoms with Crippen molar-refractivity contribution in [3.05, 3.63) is 0 Å². The highest BCUT2D eigenvalue weighted by Crippen LogP contribution is 2.11. The molecule has 0 saturated carbocycles. The number of alkyl halides is 1. The Morgan fingerprint density at radius 2 is 1.61 bits per heavy atom. The number of halogens is 1. The van der Waals surface area contributed by atoms with Crippen molar-refractivity contribution in [3.8, 4) is 0 Å². The third-order valence-corrected chi connectivity index (χ3v) is 2.75. The largest absolute Gasteiger partial charge is 0.481 e. The molecule has 0 aliphatic rings. The van der Waals surface area contributed by atoms with E-state index >= 15 is 0 Å². The minimum absolute atomic E-state index is 0.153. The molecule has 110 valence electrons. The average molecular weight is 281 g/mol. The Hall–Kier alpha value is -0.280. The van der Waals surface area contributed by atoms with Gasteiger partial charge in [-0.25, -0.2) is 0 Å². The van der Waals surface area contributed by atoms with Crippen LogP contribution < -0.4 is 0 Å². The van der Waals surface area contributed by atoms with Gasteiger partial charge in [-0.1, -0.05) is 51.9 Å². The topological polar surface area (TPSA) is 57.5 Å². The van der Waals surface area contributed by atoms with Crippen LogP contribution in [0.4, 0.5) is 0 Å². The normalized spacial score (nSPS) is 11.6. The van der Waals surface area contributed by atoms with Crippen LogP contribution >= 0.6 is 11.6 Å². The van der Waals surface area contributed by atoms with E-state index in [9.17, 15) is 4.79 Å². The summed E-state index contributed by atoms with van der Waals surface area (Å²) in [6.07, 6.45) is 10.7. The van der Waals surface area contributed by atoms with Gasteiger partial charge in [0, 0.05) is 5.38 Å². The molecule has 0 rings (SSSR count). The fourth-order valence-electron chi connectivity index (χ4n) is 1.48. The van der Waals surface area contributed by atoms with E-state index in [1.165, 1.54) is 51.4 Å². The summed E-state index contributed by atoms with van der Waals surface area (Å²) >= 11 is 5.84. The molecule has 1 atom stereocenters. The van der Waals surface area contributed by atoms with Crippen LogP contribution in [-0.2, 0) is 4.79 Å². The Morgan fingerprint density at radius 1 is 1.11 bits per heavy atom. The minimum atomic E-state index is -0.961. The monoisotopic (exact) mass is 280 g/mol. The van der Waals surface area contributed by atoms with E-state index in [0.717, 1.165) is 0 Å². The lowest BCUT2D eigenvalue weighted by Gasteiger charge is -2.02. The molecule has 2 N–H and O–H groups in total. The van der Waals surface area contributed by atoms with Crippen LogP contribution in [0.25, 0.3) is 0 Å². The molecule has 0 saturated heterocycles. The number of aliphatic hydroxyl groups is 1. The standard InChI is InChI=1S/C11H23Cl.C3H6O3/c1-3-4-5-6-7-8-9-10-11(2)12;4-2-1-3(5)6/h11H,3-10H2,1-2H3;4H,1-2H2,(H,5,6). The van der Waals surface area contributed by atoms with Gasteiger partial charge in [-0.05, 0) is 13.3 Å². The van der Waals surface area contributed by atoms with Gasteiger partial charge in [-0.15, -0.1) is 11.6 Å². The molecule has 18 heavy (non-hydrogen) atoms. The van der Waals surface area contributed by atoms with Gasteiger partial charge in [0.2, 0.25) is 0 Å². The number of aliphatic hydroxyl groups excluding tert-OH is 1. The Kier molecular flexibility index (Phi) is 18.6. The first-order valence-electron chi connectivity index (χ1n) is 7.01. The lowest BCUT2D eigenvalue weighted by molar-refractivity contribution is -0.137. The number of hydrogen-bond acceptors (Lipinski definition) is 2. The number of carbonyl (C=O) groups is 1. The molecule has 0 fully saturated rings. The van der Waals surface area contributed by atoms with Crippen molar-refractivity contribution in [2.75, 3.05) is 6.61 Å². The SMILES string of the molecule is CCCCCCCCCC(C)Cl.O=C(O)CCO. The summed E-state index contributed by atoms with van der Waals surface area (Å²) in [4.78, 5) is 9.44. The quantitative estimate of drug-likeness (QED) is 0.466. The third kappa shape index (κ3) is 24.8. The number of unbranched alkanes of at least 4 members (excludes halogenated alkanes) is 6. The summed E-state index contributed by atoms with van der Waals surface area (Å²) < 4.78 is 0.